The fraction of sp³-hybridized carbons (Fsp3) is 0.536. The molecule has 1 aliphatic heterocycles. The number of nitrogens with zero attached hydrogens (tertiary/aromatic N) is 1. The second-order valence-electron chi connectivity index (χ2n) is 12.1. The number of phenolic OH excluding ortho intramolecular Hbond substituents is 1. The molecule has 7 atom stereocenters. The van der Waals surface area contributed by atoms with Crippen LogP contribution in [0.2, 0.25) is 0 Å². The third kappa shape index (κ3) is 2.28. The Morgan fingerprint density at radius 1 is 1.14 bits per heavy atom. The molecular weight excluding hydrogens is 450 g/mol. The van der Waals surface area contributed by atoms with Crippen molar-refractivity contribution in [2.75, 3.05) is 6.54 Å². The van der Waals surface area contributed by atoms with Crippen LogP contribution in [0.15, 0.2) is 36.4 Å². The van der Waals surface area contributed by atoms with Crippen molar-refractivity contribution in [2.45, 2.75) is 61.7 Å². The van der Waals surface area contributed by atoms with Gasteiger partial charge in [0.1, 0.15) is 17.4 Å². The fourth-order valence-corrected chi connectivity index (χ4v) is 9.33. The maximum Gasteiger partial charge on any atom is 0.223 e. The quantitative estimate of drug-likeness (QED) is 0.618. The monoisotopic (exact) mass is 478 g/mol. The average molecular weight is 479 g/mol. The van der Waals surface area contributed by atoms with Gasteiger partial charge >= 0.3 is 0 Å². The first-order valence-electron chi connectivity index (χ1n) is 12.8. The molecule has 5 aliphatic carbocycles. The van der Waals surface area contributed by atoms with Crippen LogP contribution >= 0.6 is 0 Å². The van der Waals surface area contributed by atoms with Crippen LogP contribution in [-0.2, 0) is 23.2 Å². The summed E-state index contributed by atoms with van der Waals surface area (Å²) in [5.74, 6) is -0.693. The zero-order chi connectivity index (χ0) is 23.9. The van der Waals surface area contributed by atoms with Gasteiger partial charge in [-0.25, -0.2) is 8.78 Å². The Morgan fingerprint density at radius 3 is 2.74 bits per heavy atom. The SMILES string of the molecule is O=C(NCc1ccc(F)cc1F)[C@@H]1C[C@@]2(O)[C@@H]3N(CC4CC4)C4C5C43Cc3ccc(O)cc3[C@]52C1. The van der Waals surface area contributed by atoms with Gasteiger partial charge in [-0.1, -0.05) is 12.1 Å². The number of nitrogens with one attached hydrogen (secondary N) is 1. The second kappa shape index (κ2) is 6.24. The highest BCUT2D eigenvalue weighted by Gasteiger charge is 2.98. The smallest absolute Gasteiger partial charge is 0.223 e. The van der Waals surface area contributed by atoms with Crippen LogP contribution in [0.1, 0.15) is 42.4 Å². The van der Waals surface area contributed by atoms with E-state index in [1.54, 1.807) is 6.07 Å². The van der Waals surface area contributed by atoms with Gasteiger partial charge in [-0.05, 0) is 73.3 Å². The molecule has 7 heteroatoms. The Hall–Kier alpha value is -2.51. The molecule has 6 aliphatic rings. The van der Waals surface area contributed by atoms with E-state index >= 15 is 0 Å². The number of likely N-dealkylation sites (tertiary alicyclic amines) is 1. The summed E-state index contributed by atoms with van der Waals surface area (Å²) in [5.41, 5.74) is 1.01. The summed E-state index contributed by atoms with van der Waals surface area (Å²) in [6, 6.07) is 9.43. The molecule has 2 aromatic rings. The number of carbonyl (C=O) groups is 1. The Balaban J connectivity index is 1.13. The summed E-state index contributed by atoms with van der Waals surface area (Å²) >= 11 is 0. The van der Waals surface area contributed by atoms with E-state index < -0.39 is 28.6 Å². The molecule has 0 aromatic heterocycles. The van der Waals surface area contributed by atoms with Crippen molar-refractivity contribution in [1.82, 2.24) is 10.2 Å². The lowest BCUT2D eigenvalue weighted by molar-refractivity contribution is -0.151. The molecular formula is C28H28F2N2O3. The molecule has 1 amide bonds. The van der Waals surface area contributed by atoms with Crippen molar-refractivity contribution in [1.29, 1.82) is 0 Å². The number of piperidine rings is 1. The lowest BCUT2D eigenvalue weighted by atomic mass is 9.63. The predicted molar refractivity (Wildman–Crippen MR) is 122 cm³/mol. The van der Waals surface area contributed by atoms with Crippen molar-refractivity contribution in [2.24, 2.45) is 23.2 Å². The number of hydrogen-bond acceptors (Lipinski definition) is 4. The molecule has 1 heterocycles. The van der Waals surface area contributed by atoms with Crippen molar-refractivity contribution >= 4 is 5.91 Å². The van der Waals surface area contributed by atoms with Gasteiger partial charge in [0.05, 0.1) is 5.60 Å². The molecule has 5 fully saturated rings. The molecule has 3 unspecified atom stereocenters. The van der Waals surface area contributed by atoms with E-state index in [9.17, 15) is 23.8 Å². The molecule has 182 valence electrons. The van der Waals surface area contributed by atoms with Gasteiger partial charge in [0.25, 0.3) is 0 Å². The topological polar surface area (TPSA) is 72.8 Å². The molecule has 8 rings (SSSR count). The molecule has 4 saturated carbocycles. The maximum absolute atomic E-state index is 14.1. The Labute approximate surface area is 202 Å². The minimum atomic E-state index is -1.02. The summed E-state index contributed by atoms with van der Waals surface area (Å²) in [6.45, 7) is 1.02. The van der Waals surface area contributed by atoms with E-state index in [0.29, 0.717) is 24.8 Å². The zero-order valence-corrected chi connectivity index (χ0v) is 19.3. The van der Waals surface area contributed by atoms with Gasteiger partial charge in [0, 0.05) is 53.6 Å². The molecule has 2 aromatic carbocycles. The lowest BCUT2D eigenvalue weighted by Crippen LogP contribution is -2.70. The first-order chi connectivity index (χ1) is 16.8. The highest BCUT2D eigenvalue weighted by Crippen LogP contribution is 2.89. The van der Waals surface area contributed by atoms with Gasteiger partial charge in [-0.2, -0.15) is 0 Å². The van der Waals surface area contributed by atoms with Crippen LogP contribution in [0.4, 0.5) is 8.78 Å². The van der Waals surface area contributed by atoms with Gasteiger partial charge in [0.15, 0.2) is 0 Å². The molecule has 35 heavy (non-hydrogen) atoms. The highest BCUT2D eigenvalue weighted by atomic mass is 19.1. The Morgan fingerprint density at radius 2 is 1.97 bits per heavy atom. The van der Waals surface area contributed by atoms with Gasteiger partial charge in [0.2, 0.25) is 5.91 Å². The first kappa shape index (κ1) is 20.7. The van der Waals surface area contributed by atoms with E-state index in [-0.39, 0.29) is 35.2 Å². The molecule has 0 radical (unpaired) electrons. The summed E-state index contributed by atoms with van der Waals surface area (Å²) in [4.78, 5) is 15.9. The molecule has 2 bridgehead atoms. The second-order valence-corrected chi connectivity index (χ2v) is 12.1. The van der Waals surface area contributed by atoms with E-state index in [1.807, 2.05) is 12.1 Å². The van der Waals surface area contributed by atoms with Crippen LogP contribution < -0.4 is 5.32 Å². The number of hydrogen-bond donors (Lipinski definition) is 3. The first-order valence-corrected chi connectivity index (χ1v) is 12.8. The molecule has 1 saturated heterocycles. The van der Waals surface area contributed by atoms with Crippen molar-refractivity contribution < 1.29 is 23.8 Å². The number of benzene rings is 2. The van der Waals surface area contributed by atoms with Crippen LogP contribution in [0.5, 0.6) is 5.75 Å². The van der Waals surface area contributed by atoms with E-state index in [1.165, 1.54) is 30.5 Å². The molecule has 3 N–H and O–H groups in total. The van der Waals surface area contributed by atoms with Gasteiger partial charge in [-0.15, -0.1) is 0 Å². The van der Waals surface area contributed by atoms with Crippen molar-refractivity contribution in [3.63, 3.8) is 0 Å². The third-order valence-electron chi connectivity index (χ3n) is 10.5. The van der Waals surface area contributed by atoms with Crippen LogP contribution in [0.25, 0.3) is 0 Å². The standard InChI is InChI=1S/C28H28F2N2O3/c29-18-5-3-16(21(30)7-18)12-31-24(34)17-10-27-20-8-19(33)6-4-15(20)9-26-22(27)23(26)32(13-14-1-2-14)25(26)28(27,35)11-17/h3-8,14,17,22-23,25,33,35H,1-2,9-13H2,(H,31,34)/t17-,22?,23?,25+,26?,27+,28+/m0/s1. The summed E-state index contributed by atoms with van der Waals surface area (Å²) in [7, 11) is 0. The lowest BCUT2D eigenvalue weighted by Gasteiger charge is -2.56. The Kier molecular flexibility index (Phi) is 3.68. The molecule has 5 nitrogen and oxygen atoms in total. The van der Waals surface area contributed by atoms with Crippen LogP contribution in [0.3, 0.4) is 0 Å². The van der Waals surface area contributed by atoms with E-state index in [4.69, 9.17) is 0 Å². The largest absolute Gasteiger partial charge is 0.508 e. The minimum absolute atomic E-state index is 0.0164. The number of fused-ring (bicyclic) bond motifs is 2. The predicted octanol–water partition coefficient (Wildman–Crippen LogP) is 3.01. The average Bonchev–Trinajstić information content (AvgIpc) is 3.68. The summed E-state index contributed by atoms with van der Waals surface area (Å²) in [6.07, 6.45) is 4.37. The van der Waals surface area contributed by atoms with Gasteiger partial charge in [-0.3, -0.25) is 9.69 Å². The number of rotatable bonds is 5. The number of aromatic hydroxyl groups is 1. The number of carbonyl (C=O) groups excluding carboxylic acids is 1. The van der Waals surface area contributed by atoms with Crippen molar-refractivity contribution in [3.05, 3.63) is 64.7 Å². The number of halogens is 2. The third-order valence-corrected chi connectivity index (χ3v) is 10.5. The van der Waals surface area contributed by atoms with Crippen molar-refractivity contribution in [3.8, 4) is 5.75 Å². The van der Waals surface area contributed by atoms with Gasteiger partial charge < -0.3 is 15.5 Å². The zero-order valence-electron chi connectivity index (χ0n) is 19.3. The van der Waals surface area contributed by atoms with Crippen LogP contribution in [-0.4, -0.2) is 45.2 Å². The highest BCUT2D eigenvalue weighted by molar-refractivity contribution is 5.81. The number of phenols is 1. The summed E-state index contributed by atoms with van der Waals surface area (Å²) in [5, 5.41) is 25.7. The van der Waals surface area contributed by atoms with E-state index in [0.717, 1.165) is 30.5 Å². The van der Waals surface area contributed by atoms with Crippen LogP contribution in [0, 0.1) is 34.8 Å². The Bertz CT molecular complexity index is 1310. The maximum atomic E-state index is 14.1. The minimum Gasteiger partial charge on any atom is -0.508 e. The van der Waals surface area contributed by atoms with E-state index in [2.05, 4.69) is 10.2 Å². The summed E-state index contributed by atoms with van der Waals surface area (Å²) < 4.78 is 27.4. The molecule has 2 spiro atoms. The fourth-order valence-electron chi connectivity index (χ4n) is 9.33. The number of aliphatic hydroxyl groups is 1. The normalized spacial score (nSPS) is 41.6. The number of amides is 1.